The predicted octanol–water partition coefficient (Wildman–Crippen LogP) is 10.1. The number of fused-ring (bicyclic) bond motifs is 6. The lowest BCUT2D eigenvalue weighted by molar-refractivity contribution is 0.669. The summed E-state index contributed by atoms with van der Waals surface area (Å²) in [5.74, 6) is 1.42. The normalized spacial score (nSPS) is 11.5. The van der Waals surface area contributed by atoms with Gasteiger partial charge in [0.2, 0.25) is 0 Å². The van der Waals surface area contributed by atoms with Crippen molar-refractivity contribution in [2.24, 2.45) is 0 Å². The Morgan fingerprint density at radius 1 is 0.556 bits per heavy atom. The molecular weight excluding hydrogens is 554 g/mol. The van der Waals surface area contributed by atoms with Gasteiger partial charge in [0.15, 0.2) is 17.3 Å². The van der Waals surface area contributed by atoms with Gasteiger partial charge < -0.3 is 8.98 Å². The van der Waals surface area contributed by atoms with Gasteiger partial charge in [0.1, 0.15) is 11.2 Å². The third kappa shape index (κ3) is 3.95. The van der Waals surface area contributed by atoms with Crippen LogP contribution in [-0.4, -0.2) is 19.3 Å². The monoisotopic (exact) mass is 577 g/mol. The standard InChI is InChI=1S/C39H23N5O/c1-40-27-16-19-34-31(22-27)32-24-29(44-39(26-12-6-3-7-13-26)41-38(42-44)25-10-4-2-5-11-25)17-20-35(32)43(34)28-18-21-37-33(23-28)30-14-8-9-15-36(30)45-37/h2-24H. The zero-order valence-electron chi connectivity index (χ0n) is 23.9. The molecule has 0 N–H and O–H groups in total. The molecule has 0 fully saturated rings. The highest BCUT2D eigenvalue weighted by Gasteiger charge is 2.19. The molecule has 0 amide bonds. The van der Waals surface area contributed by atoms with Crippen molar-refractivity contribution in [1.29, 1.82) is 0 Å². The van der Waals surface area contributed by atoms with Crippen molar-refractivity contribution >= 4 is 49.4 Å². The molecule has 9 rings (SSSR count). The van der Waals surface area contributed by atoms with Gasteiger partial charge in [-0.1, -0.05) is 84.9 Å². The molecule has 0 unspecified atom stereocenters. The van der Waals surface area contributed by atoms with Gasteiger partial charge >= 0.3 is 0 Å². The van der Waals surface area contributed by atoms with Crippen molar-refractivity contribution in [3.8, 4) is 34.2 Å². The topological polar surface area (TPSA) is 53.1 Å². The fourth-order valence-electron chi connectivity index (χ4n) is 6.31. The van der Waals surface area contributed by atoms with Crippen LogP contribution in [0.25, 0.3) is 82.7 Å². The minimum absolute atomic E-state index is 0.598. The highest BCUT2D eigenvalue weighted by molar-refractivity contribution is 6.12. The molecular formula is C39H23N5O. The van der Waals surface area contributed by atoms with E-state index < -0.39 is 0 Å². The van der Waals surface area contributed by atoms with Crippen LogP contribution in [0.4, 0.5) is 5.69 Å². The average molecular weight is 578 g/mol. The smallest absolute Gasteiger partial charge is 0.188 e. The van der Waals surface area contributed by atoms with E-state index in [4.69, 9.17) is 21.1 Å². The second kappa shape index (κ2) is 9.80. The lowest BCUT2D eigenvalue weighted by Crippen LogP contribution is -2.00. The van der Waals surface area contributed by atoms with Crippen LogP contribution in [0.1, 0.15) is 0 Å². The van der Waals surface area contributed by atoms with Gasteiger partial charge in [-0.2, -0.15) is 0 Å². The Morgan fingerprint density at radius 3 is 2.00 bits per heavy atom. The SMILES string of the molecule is [C-]#[N+]c1ccc2c(c1)c1cc(-n3nc(-c4ccccc4)nc3-c3ccccc3)ccc1n2-c1ccc2oc3ccccc3c2c1. The van der Waals surface area contributed by atoms with Gasteiger partial charge in [0.05, 0.1) is 23.3 Å². The van der Waals surface area contributed by atoms with Gasteiger partial charge in [0.25, 0.3) is 0 Å². The number of nitrogens with zero attached hydrogens (tertiary/aromatic N) is 5. The van der Waals surface area contributed by atoms with Crippen LogP contribution in [0.5, 0.6) is 0 Å². The molecule has 0 aliphatic rings. The lowest BCUT2D eigenvalue weighted by Gasteiger charge is -2.09. The number of hydrogen-bond donors (Lipinski definition) is 0. The summed E-state index contributed by atoms with van der Waals surface area (Å²) in [6.45, 7) is 7.72. The first-order chi connectivity index (χ1) is 22.2. The Balaban J connectivity index is 1.29. The van der Waals surface area contributed by atoms with Crippen LogP contribution in [0.15, 0.2) is 144 Å². The maximum atomic E-state index is 7.72. The highest BCUT2D eigenvalue weighted by atomic mass is 16.3. The van der Waals surface area contributed by atoms with E-state index in [0.717, 1.165) is 72.1 Å². The summed E-state index contributed by atoms with van der Waals surface area (Å²) in [5, 5.41) is 9.19. The third-order valence-electron chi connectivity index (χ3n) is 8.40. The van der Waals surface area contributed by atoms with Crippen LogP contribution < -0.4 is 0 Å². The van der Waals surface area contributed by atoms with Crippen molar-refractivity contribution in [3.63, 3.8) is 0 Å². The Kier molecular flexibility index (Phi) is 5.46. The summed E-state index contributed by atoms with van der Waals surface area (Å²) in [7, 11) is 0. The first-order valence-corrected chi connectivity index (χ1v) is 14.7. The molecule has 0 saturated heterocycles. The van der Waals surface area contributed by atoms with Gasteiger partial charge in [-0.15, -0.1) is 5.10 Å². The first kappa shape index (κ1) is 25.1. The molecule has 9 aromatic rings. The van der Waals surface area contributed by atoms with Crippen molar-refractivity contribution in [2.75, 3.05) is 0 Å². The van der Waals surface area contributed by atoms with Crippen LogP contribution in [0.3, 0.4) is 0 Å². The average Bonchev–Trinajstić information content (AvgIpc) is 3.80. The quantitative estimate of drug-likeness (QED) is 0.196. The summed E-state index contributed by atoms with van der Waals surface area (Å²) in [5.41, 5.74) is 8.22. The molecule has 0 aliphatic heterocycles. The molecule has 0 atom stereocenters. The number of furan rings is 1. The van der Waals surface area contributed by atoms with Crippen molar-refractivity contribution in [3.05, 3.63) is 151 Å². The number of benzene rings is 6. The molecule has 6 heteroatoms. The second-order valence-corrected chi connectivity index (χ2v) is 11.0. The van der Waals surface area contributed by atoms with Crippen LogP contribution in [0.2, 0.25) is 0 Å². The third-order valence-corrected chi connectivity index (χ3v) is 8.40. The Morgan fingerprint density at radius 2 is 1.20 bits per heavy atom. The van der Waals surface area contributed by atoms with Crippen LogP contribution in [0, 0.1) is 6.57 Å². The molecule has 6 nitrogen and oxygen atoms in total. The predicted molar refractivity (Wildman–Crippen MR) is 180 cm³/mol. The van der Waals surface area contributed by atoms with E-state index in [1.807, 2.05) is 95.7 Å². The molecule has 3 heterocycles. The Bertz CT molecular complexity index is 2600. The van der Waals surface area contributed by atoms with Gasteiger partial charge in [-0.05, 0) is 60.0 Å². The van der Waals surface area contributed by atoms with E-state index in [1.165, 1.54) is 0 Å². The second-order valence-electron chi connectivity index (χ2n) is 11.0. The maximum Gasteiger partial charge on any atom is 0.188 e. The largest absolute Gasteiger partial charge is 0.456 e. The van der Waals surface area contributed by atoms with E-state index in [9.17, 15) is 0 Å². The zero-order chi connectivity index (χ0) is 29.9. The molecule has 0 spiro atoms. The summed E-state index contributed by atoms with van der Waals surface area (Å²) < 4.78 is 10.3. The van der Waals surface area contributed by atoms with E-state index >= 15 is 0 Å². The summed E-state index contributed by atoms with van der Waals surface area (Å²) in [6, 6.07) is 46.9. The Labute approximate surface area is 257 Å². The molecule has 6 aromatic carbocycles. The fraction of sp³-hybridized carbons (Fsp3) is 0. The minimum Gasteiger partial charge on any atom is -0.456 e. The lowest BCUT2D eigenvalue weighted by atomic mass is 10.1. The van der Waals surface area contributed by atoms with Crippen molar-refractivity contribution in [2.45, 2.75) is 0 Å². The summed E-state index contributed by atoms with van der Waals surface area (Å²) >= 11 is 0. The van der Waals surface area contributed by atoms with Gasteiger partial charge in [-0.25, -0.2) is 14.5 Å². The first-order valence-electron chi connectivity index (χ1n) is 14.7. The van der Waals surface area contributed by atoms with Crippen LogP contribution >= 0.6 is 0 Å². The maximum absolute atomic E-state index is 7.72. The highest BCUT2D eigenvalue weighted by Crippen LogP contribution is 2.38. The molecule has 0 bridgehead atoms. The molecule has 45 heavy (non-hydrogen) atoms. The van der Waals surface area contributed by atoms with Crippen molar-refractivity contribution in [1.82, 2.24) is 19.3 Å². The van der Waals surface area contributed by atoms with E-state index in [1.54, 1.807) is 0 Å². The molecule has 0 saturated carbocycles. The number of para-hydroxylation sites is 1. The Hall–Kier alpha value is -6.45. The van der Waals surface area contributed by atoms with Crippen LogP contribution in [-0.2, 0) is 0 Å². The van der Waals surface area contributed by atoms with E-state index in [0.29, 0.717) is 11.5 Å². The van der Waals surface area contributed by atoms with E-state index in [2.05, 4.69) is 57.9 Å². The van der Waals surface area contributed by atoms with Gasteiger partial charge in [0, 0.05) is 33.0 Å². The van der Waals surface area contributed by atoms with E-state index in [-0.39, 0.29) is 0 Å². The number of hydrogen-bond acceptors (Lipinski definition) is 3. The minimum atomic E-state index is 0.598. The molecule has 0 aliphatic carbocycles. The summed E-state index contributed by atoms with van der Waals surface area (Å²) in [4.78, 5) is 8.75. The fourth-order valence-corrected chi connectivity index (χ4v) is 6.31. The number of aromatic nitrogens is 4. The zero-order valence-corrected chi connectivity index (χ0v) is 23.9. The van der Waals surface area contributed by atoms with Crippen molar-refractivity contribution < 1.29 is 4.42 Å². The number of rotatable bonds is 4. The molecule has 0 radical (unpaired) electrons. The summed E-state index contributed by atoms with van der Waals surface area (Å²) in [6.07, 6.45) is 0. The molecule has 3 aromatic heterocycles. The van der Waals surface area contributed by atoms with Gasteiger partial charge in [-0.3, -0.25) is 0 Å². The molecule has 210 valence electrons.